The molecule has 1 aromatic rings. The lowest BCUT2D eigenvalue weighted by Crippen LogP contribution is -2.53. The highest BCUT2D eigenvalue weighted by atomic mass is 16.5. The summed E-state index contributed by atoms with van der Waals surface area (Å²) in [6.07, 6.45) is 5.18. The molecule has 0 radical (unpaired) electrons. The standard InChI is InChI=1S/C15H23N3O3/c1-10-16-8-12(17-10)15(19)18-6-7-21-9-13(18)11-4-3-5-14(11)20-2/h8,11,13-14H,3-7,9H2,1-2H3,(H,16,17). The van der Waals surface area contributed by atoms with Crippen molar-refractivity contribution in [3.05, 3.63) is 17.7 Å². The highest BCUT2D eigenvalue weighted by Crippen LogP contribution is 2.34. The second-order valence-corrected chi connectivity index (χ2v) is 5.89. The van der Waals surface area contributed by atoms with E-state index in [1.165, 1.54) is 0 Å². The smallest absolute Gasteiger partial charge is 0.272 e. The number of aromatic amines is 1. The Balaban J connectivity index is 1.79. The fraction of sp³-hybridized carbons (Fsp3) is 0.733. The molecule has 2 fully saturated rings. The van der Waals surface area contributed by atoms with Crippen molar-refractivity contribution in [2.24, 2.45) is 5.92 Å². The van der Waals surface area contributed by atoms with E-state index < -0.39 is 0 Å². The van der Waals surface area contributed by atoms with E-state index in [-0.39, 0.29) is 18.1 Å². The zero-order valence-corrected chi connectivity index (χ0v) is 12.7. The van der Waals surface area contributed by atoms with Crippen LogP contribution in [0.5, 0.6) is 0 Å². The molecule has 3 rings (SSSR count). The minimum Gasteiger partial charge on any atom is -0.381 e. The van der Waals surface area contributed by atoms with Gasteiger partial charge in [-0.25, -0.2) is 4.98 Å². The number of rotatable bonds is 3. The minimum absolute atomic E-state index is 0.0191. The molecule has 0 aromatic carbocycles. The van der Waals surface area contributed by atoms with E-state index in [9.17, 15) is 4.79 Å². The molecule has 1 amide bonds. The maximum absolute atomic E-state index is 12.7. The van der Waals surface area contributed by atoms with E-state index in [4.69, 9.17) is 9.47 Å². The number of ether oxygens (including phenoxy) is 2. The van der Waals surface area contributed by atoms with Crippen LogP contribution in [0.4, 0.5) is 0 Å². The first-order chi connectivity index (χ1) is 10.2. The average Bonchev–Trinajstić information content (AvgIpc) is 3.15. The van der Waals surface area contributed by atoms with Crippen LogP contribution >= 0.6 is 0 Å². The molecule has 6 nitrogen and oxygen atoms in total. The molecule has 3 unspecified atom stereocenters. The highest BCUT2D eigenvalue weighted by molar-refractivity contribution is 5.92. The summed E-state index contributed by atoms with van der Waals surface area (Å²) in [6.45, 7) is 3.68. The highest BCUT2D eigenvalue weighted by Gasteiger charge is 2.40. The van der Waals surface area contributed by atoms with E-state index in [1.807, 2.05) is 11.8 Å². The molecule has 21 heavy (non-hydrogen) atoms. The maximum Gasteiger partial charge on any atom is 0.272 e. The number of carbonyl (C=O) groups is 1. The van der Waals surface area contributed by atoms with Crippen molar-refractivity contribution >= 4 is 5.91 Å². The van der Waals surface area contributed by atoms with Gasteiger partial charge < -0.3 is 19.4 Å². The summed E-state index contributed by atoms with van der Waals surface area (Å²) in [7, 11) is 1.76. The van der Waals surface area contributed by atoms with Crippen LogP contribution in [0, 0.1) is 12.8 Å². The Morgan fingerprint density at radius 3 is 3.10 bits per heavy atom. The van der Waals surface area contributed by atoms with E-state index in [0.717, 1.165) is 25.1 Å². The van der Waals surface area contributed by atoms with E-state index >= 15 is 0 Å². The molecule has 1 aromatic heterocycles. The molecule has 1 N–H and O–H groups in total. The van der Waals surface area contributed by atoms with Crippen molar-refractivity contribution in [2.75, 3.05) is 26.9 Å². The van der Waals surface area contributed by atoms with Crippen molar-refractivity contribution in [3.8, 4) is 0 Å². The third-order valence-corrected chi connectivity index (χ3v) is 4.66. The number of aromatic nitrogens is 2. The lowest BCUT2D eigenvalue weighted by molar-refractivity contribution is -0.0462. The summed E-state index contributed by atoms with van der Waals surface area (Å²) in [4.78, 5) is 21.8. The largest absolute Gasteiger partial charge is 0.381 e. The van der Waals surface area contributed by atoms with Crippen LogP contribution in [0.2, 0.25) is 0 Å². The van der Waals surface area contributed by atoms with Crippen LogP contribution in [0.25, 0.3) is 0 Å². The topological polar surface area (TPSA) is 67.5 Å². The molecule has 116 valence electrons. The van der Waals surface area contributed by atoms with Gasteiger partial charge in [-0.2, -0.15) is 0 Å². The quantitative estimate of drug-likeness (QED) is 0.914. The SMILES string of the molecule is COC1CCCC1C1COCCN1C(=O)c1cnc(C)[nH]1. The lowest BCUT2D eigenvalue weighted by atomic mass is 9.94. The molecule has 1 saturated carbocycles. The number of hydrogen-bond donors (Lipinski definition) is 1. The number of aryl methyl sites for hydroxylation is 1. The number of nitrogens with zero attached hydrogens (tertiary/aromatic N) is 2. The van der Waals surface area contributed by atoms with Gasteiger partial charge in [-0.15, -0.1) is 0 Å². The monoisotopic (exact) mass is 293 g/mol. The van der Waals surface area contributed by atoms with Crippen molar-refractivity contribution in [3.63, 3.8) is 0 Å². The number of imidazole rings is 1. The molecule has 3 atom stereocenters. The van der Waals surface area contributed by atoms with E-state index in [0.29, 0.717) is 31.4 Å². The Bertz CT molecular complexity index is 502. The van der Waals surface area contributed by atoms with Crippen molar-refractivity contribution in [2.45, 2.75) is 38.3 Å². The Hall–Kier alpha value is -1.40. The van der Waals surface area contributed by atoms with E-state index in [2.05, 4.69) is 9.97 Å². The van der Waals surface area contributed by atoms with Gasteiger partial charge in [0.05, 0.1) is 31.6 Å². The van der Waals surface area contributed by atoms with Gasteiger partial charge in [-0.3, -0.25) is 4.79 Å². The molecule has 0 bridgehead atoms. The van der Waals surface area contributed by atoms with Gasteiger partial charge in [-0.1, -0.05) is 6.42 Å². The van der Waals surface area contributed by atoms with Gasteiger partial charge in [0, 0.05) is 19.6 Å². The number of methoxy groups -OCH3 is 1. The van der Waals surface area contributed by atoms with Crippen molar-refractivity contribution < 1.29 is 14.3 Å². The molecule has 1 aliphatic heterocycles. The first-order valence-electron chi connectivity index (χ1n) is 7.64. The Labute approximate surface area is 124 Å². The molecule has 2 aliphatic rings. The van der Waals surface area contributed by atoms with Crippen LogP contribution in [-0.2, 0) is 9.47 Å². The van der Waals surface area contributed by atoms with Crippen LogP contribution in [0.3, 0.4) is 0 Å². The van der Waals surface area contributed by atoms with Crippen LogP contribution in [0.1, 0.15) is 35.6 Å². The average molecular weight is 293 g/mol. The first-order valence-corrected chi connectivity index (χ1v) is 7.64. The Kier molecular flexibility index (Phi) is 4.26. The van der Waals surface area contributed by atoms with Gasteiger partial charge in [-0.05, 0) is 19.8 Å². The number of morpholine rings is 1. The maximum atomic E-state index is 12.7. The predicted molar refractivity (Wildman–Crippen MR) is 77.1 cm³/mol. The van der Waals surface area contributed by atoms with Gasteiger partial charge in [0.25, 0.3) is 5.91 Å². The third kappa shape index (κ3) is 2.82. The summed E-state index contributed by atoms with van der Waals surface area (Å²) < 4.78 is 11.2. The summed E-state index contributed by atoms with van der Waals surface area (Å²) in [5.74, 6) is 1.15. The predicted octanol–water partition coefficient (Wildman–Crippen LogP) is 1.37. The second kappa shape index (κ2) is 6.15. The van der Waals surface area contributed by atoms with Gasteiger partial charge >= 0.3 is 0 Å². The summed E-state index contributed by atoms with van der Waals surface area (Å²) in [5.41, 5.74) is 0.561. The third-order valence-electron chi connectivity index (χ3n) is 4.66. The number of nitrogens with one attached hydrogen (secondary N) is 1. The molecule has 6 heteroatoms. The van der Waals surface area contributed by atoms with Crippen LogP contribution in [0.15, 0.2) is 6.20 Å². The summed E-state index contributed by atoms with van der Waals surface area (Å²) in [5, 5.41) is 0. The molecule has 1 saturated heterocycles. The van der Waals surface area contributed by atoms with Gasteiger partial charge in [0.2, 0.25) is 0 Å². The Morgan fingerprint density at radius 1 is 1.52 bits per heavy atom. The second-order valence-electron chi connectivity index (χ2n) is 5.89. The van der Waals surface area contributed by atoms with Gasteiger partial charge in [0.1, 0.15) is 11.5 Å². The van der Waals surface area contributed by atoms with E-state index in [1.54, 1.807) is 13.3 Å². The number of carbonyl (C=O) groups excluding carboxylic acids is 1. The van der Waals surface area contributed by atoms with Crippen molar-refractivity contribution in [1.29, 1.82) is 0 Å². The van der Waals surface area contributed by atoms with Crippen LogP contribution in [-0.4, -0.2) is 59.8 Å². The number of amides is 1. The fourth-order valence-electron chi connectivity index (χ4n) is 3.60. The number of hydrogen-bond acceptors (Lipinski definition) is 4. The molecule has 1 aliphatic carbocycles. The lowest BCUT2D eigenvalue weighted by Gasteiger charge is -2.40. The van der Waals surface area contributed by atoms with Crippen LogP contribution < -0.4 is 0 Å². The zero-order chi connectivity index (χ0) is 14.8. The van der Waals surface area contributed by atoms with Crippen molar-refractivity contribution in [1.82, 2.24) is 14.9 Å². The Morgan fingerprint density at radius 2 is 2.38 bits per heavy atom. The first kappa shape index (κ1) is 14.5. The normalized spacial score (nSPS) is 29.8. The summed E-state index contributed by atoms with van der Waals surface area (Å²) >= 11 is 0. The summed E-state index contributed by atoms with van der Waals surface area (Å²) in [6, 6.07) is 0.0994. The minimum atomic E-state index is 0.0191. The zero-order valence-electron chi connectivity index (χ0n) is 12.7. The number of H-pyrrole nitrogens is 1. The molecular weight excluding hydrogens is 270 g/mol. The molecule has 0 spiro atoms. The molecular formula is C15H23N3O3. The molecule has 2 heterocycles. The van der Waals surface area contributed by atoms with Gasteiger partial charge in [0.15, 0.2) is 0 Å². The fourth-order valence-corrected chi connectivity index (χ4v) is 3.60.